The molecular weight excluding hydrogens is 326 g/mol. The molecule has 4 amide bonds. The molecule has 0 bridgehead atoms. The first-order chi connectivity index (χ1) is 11.9. The van der Waals surface area contributed by atoms with Gasteiger partial charge in [0, 0.05) is 19.7 Å². The number of carbonyl (C=O) groups is 3. The molecule has 126 valence electrons. The molecule has 2 aliphatic heterocycles. The quantitative estimate of drug-likeness (QED) is 0.629. The van der Waals surface area contributed by atoms with Crippen molar-refractivity contribution in [2.75, 3.05) is 17.7 Å². The van der Waals surface area contributed by atoms with E-state index >= 15 is 0 Å². The normalized spacial score (nSPS) is 15.6. The number of benzene rings is 1. The van der Waals surface area contributed by atoms with Gasteiger partial charge in [0.15, 0.2) is 0 Å². The number of amides is 4. The molecule has 1 aromatic heterocycles. The number of hydrogen-bond donors (Lipinski definition) is 3. The molecule has 2 aromatic rings. The Labute approximate surface area is 141 Å². The third kappa shape index (κ3) is 2.02. The number of nitrogens with one attached hydrogen (secondary N) is 2. The fourth-order valence-corrected chi connectivity index (χ4v) is 3.10. The number of hydrogen-bond acceptors (Lipinski definition) is 5. The number of rotatable bonds is 1. The molecule has 9 heteroatoms. The molecule has 0 saturated heterocycles. The van der Waals surface area contributed by atoms with Gasteiger partial charge in [-0.3, -0.25) is 29.2 Å². The van der Waals surface area contributed by atoms with Gasteiger partial charge < -0.3 is 11.1 Å². The van der Waals surface area contributed by atoms with Crippen LogP contribution in [0.2, 0.25) is 0 Å². The van der Waals surface area contributed by atoms with Gasteiger partial charge in [0.05, 0.1) is 22.5 Å². The summed E-state index contributed by atoms with van der Waals surface area (Å²) in [5, 5.41) is 4.84. The maximum atomic E-state index is 12.5. The van der Waals surface area contributed by atoms with Crippen molar-refractivity contribution < 1.29 is 14.4 Å². The summed E-state index contributed by atoms with van der Waals surface area (Å²) in [7, 11) is 1.61. The molecule has 2 aliphatic rings. The number of aromatic nitrogens is 1. The molecule has 4 N–H and O–H groups in total. The summed E-state index contributed by atoms with van der Waals surface area (Å²) in [6, 6.07) is 5.91. The van der Waals surface area contributed by atoms with Crippen LogP contribution in [0.15, 0.2) is 29.1 Å². The van der Waals surface area contributed by atoms with E-state index in [0.717, 1.165) is 16.2 Å². The molecule has 0 unspecified atom stereocenters. The van der Waals surface area contributed by atoms with Crippen LogP contribution in [0.3, 0.4) is 0 Å². The molecular formula is C16H13N5O4. The Hall–Kier alpha value is -3.62. The number of nitrogens with two attached hydrogens (primary N) is 1. The van der Waals surface area contributed by atoms with Crippen molar-refractivity contribution in [2.24, 2.45) is 0 Å². The summed E-state index contributed by atoms with van der Waals surface area (Å²) in [4.78, 5) is 49.3. The van der Waals surface area contributed by atoms with Gasteiger partial charge in [-0.15, -0.1) is 0 Å². The fraction of sp³-hybridized carbons (Fsp3) is 0.125. The highest BCUT2D eigenvalue weighted by Gasteiger charge is 2.32. The zero-order chi connectivity index (χ0) is 17.9. The third-order valence-corrected chi connectivity index (χ3v) is 4.38. The molecule has 0 aliphatic carbocycles. The van der Waals surface area contributed by atoms with Crippen molar-refractivity contribution in [2.45, 2.75) is 6.54 Å². The van der Waals surface area contributed by atoms with Gasteiger partial charge in [0.25, 0.3) is 17.4 Å². The van der Waals surface area contributed by atoms with E-state index in [2.05, 4.69) is 10.6 Å². The van der Waals surface area contributed by atoms with Gasteiger partial charge in [-0.1, -0.05) is 6.07 Å². The minimum Gasteiger partial charge on any atom is -0.384 e. The second kappa shape index (κ2) is 4.94. The molecule has 25 heavy (non-hydrogen) atoms. The predicted octanol–water partition coefficient (Wildman–Crippen LogP) is -0.0373. The fourth-order valence-electron chi connectivity index (χ4n) is 3.10. The highest BCUT2D eigenvalue weighted by Crippen LogP contribution is 2.28. The Balaban J connectivity index is 1.94. The molecule has 4 rings (SSSR count). The second-order valence-corrected chi connectivity index (χ2v) is 5.81. The smallest absolute Gasteiger partial charge is 0.321 e. The minimum atomic E-state index is -0.641. The van der Waals surface area contributed by atoms with Crippen molar-refractivity contribution >= 4 is 29.4 Å². The van der Waals surface area contributed by atoms with E-state index in [0.29, 0.717) is 17.9 Å². The Kier molecular flexibility index (Phi) is 2.95. The molecule has 0 fully saturated rings. The van der Waals surface area contributed by atoms with E-state index in [1.54, 1.807) is 25.2 Å². The van der Waals surface area contributed by atoms with E-state index in [1.165, 1.54) is 4.90 Å². The predicted molar refractivity (Wildman–Crippen MR) is 88.9 cm³/mol. The van der Waals surface area contributed by atoms with Crippen molar-refractivity contribution in [3.8, 4) is 5.69 Å². The van der Waals surface area contributed by atoms with E-state index in [1.807, 2.05) is 0 Å². The maximum Gasteiger partial charge on any atom is 0.321 e. The van der Waals surface area contributed by atoms with Crippen LogP contribution in [0, 0.1) is 0 Å². The molecule has 0 radical (unpaired) electrons. The number of anilines is 2. The summed E-state index contributed by atoms with van der Waals surface area (Å²) >= 11 is 0. The van der Waals surface area contributed by atoms with Crippen LogP contribution in [0.4, 0.5) is 16.3 Å². The SMILES string of the molecule is CN1C(=O)NCc2ccc(-n3c(N)c4c(cc3=O)C(=O)NC4=O)cc21. The van der Waals surface area contributed by atoms with E-state index in [9.17, 15) is 19.2 Å². The summed E-state index contributed by atoms with van der Waals surface area (Å²) in [5.41, 5.74) is 7.34. The van der Waals surface area contributed by atoms with Crippen LogP contribution in [-0.2, 0) is 6.54 Å². The number of carbonyl (C=O) groups excluding carboxylic acids is 3. The van der Waals surface area contributed by atoms with Gasteiger partial charge >= 0.3 is 6.03 Å². The van der Waals surface area contributed by atoms with E-state index in [4.69, 9.17) is 5.73 Å². The monoisotopic (exact) mass is 339 g/mol. The van der Waals surface area contributed by atoms with Crippen LogP contribution < -0.4 is 26.8 Å². The standard InChI is InChI=1S/C16H13N5O4/c1-20-10-4-8(3-2-7(10)6-18-16(20)25)21-11(22)5-9-12(13(21)17)15(24)19-14(9)23/h2-5H,6,17H2,1H3,(H,18,25)(H,19,23,24). The lowest BCUT2D eigenvalue weighted by atomic mass is 10.1. The van der Waals surface area contributed by atoms with Crippen LogP contribution in [0.25, 0.3) is 5.69 Å². The number of nitrogens with zero attached hydrogens (tertiary/aromatic N) is 2. The molecule has 0 atom stereocenters. The van der Waals surface area contributed by atoms with Crippen LogP contribution in [-0.4, -0.2) is 29.5 Å². The van der Waals surface area contributed by atoms with Crippen LogP contribution in [0.5, 0.6) is 0 Å². The summed E-state index contributed by atoms with van der Waals surface area (Å²) in [6.45, 7) is 0.379. The molecule has 0 saturated carbocycles. The maximum absolute atomic E-state index is 12.5. The van der Waals surface area contributed by atoms with Gasteiger partial charge in [-0.2, -0.15) is 0 Å². The Bertz CT molecular complexity index is 1040. The lowest BCUT2D eigenvalue weighted by molar-refractivity contribution is 0.0880. The zero-order valence-corrected chi connectivity index (χ0v) is 13.1. The molecule has 0 spiro atoms. The first kappa shape index (κ1) is 14.9. The van der Waals surface area contributed by atoms with E-state index < -0.39 is 17.4 Å². The highest BCUT2D eigenvalue weighted by molar-refractivity contribution is 6.23. The zero-order valence-electron chi connectivity index (χ0n) is 13.1. The van der Waals surface area contributed by atoms with Crippen LogP contribution in [0.1, 0.15) is 26.3 Å². The van der Waals surface area contributed by atoms with E-state index in [-0.39, 0.29) is 23.0 Å². The van der Waals surface area contributed by atoms with Crippen molar-refractivity contribution in [3.05, 3.63) is 51.3 Å². The highest BCUT2D eigenvalue weighted by atomic mass is 16.2. The third-order valence-electron chi connectivity index (χ3n) is 4.38. The lowest BCUT2D eigenvalue weighted by Gasteiger charge is -2.27. The number of imide groups is 1. The van der Waals surface area contributed by atoms with Gasteiger partial charge in [0.1, 0.15) is 5.82 Å². The average molecular weight is 339 g/mol. The summed E-state index contributed by atoms with van der Waals surface area (Å²) in [5.74, 6) is -1.40. The van der Waals surface area contributed by atoms with Crippen molar-refractivity contribution in [1.82, 2.24) is 15.2 Å². The summed E-state index contributed by atoms with van der Waals surface area (Å²) in [6.07, 6.45) is 0. The van der Waals surface area contributed by atoms with Crippen molar-refractivity contribution in [1.29, 1.82) is 0 Å². The molecule has 1 aromatic carbocycles. The first-order valence-corrected chi connectivity index (χ1v) is 7.44. The van der Waals surface area contributed by atoms with Crippen LogP contribution >= 0.6 is 0 Å². The second-order valence-electron chi connectivity index (χ2n) is 5.81. The Morgan fingerprint density at radius 3 is 2.60 bits per heavy atom. The number of pyridine rings is 1. The van der Waals surface area contributed by atoms with Crippen molar-refractivity contribution in [3.63, 3.8) is 0 Å². The lowest BCUT2D eigenvalue weighted by Crippen LogP contribution is -2.41. The first-order valence-electron chi connectivity index (χ1n) is 7.44. The number of nitrogen functional groups attached to an aromatic ring is 1. The van der Waals surface area contributed by atoms with Gasteiger partial charge in [0.2, 0.25) is 0 Å². The Morgan fingerprint density at radius 2 is 1.84 bits per heavy atom. The Morgan fingerprint density at radius 1 is 1.08 bits per heavy atom. The van der Waals surface area contributed by atoms with Gasteiger partial charge in [-0.05, 0) is 17.7 Å². The molecule has 3 heterocycles. The largest absolute Gasteiger partial charge is 0.384 e. The minimum absolute atomic E-state index is 0.0200. The topological polar surface area (TPSA) is 127 Å². The summed E-state index contributed by atoms with van der Waals surface area (Å²) < 4.78 is 1.15. The number of urea groups is 1. The number of fused-ring (bicyclic) bond motifs is 2. The average Bonchev–Trinajstić information content (AvgIpc) is 2.85. The van der Waals surface area contributed by atoms with Gasteiger partial charge in [-0.25, -0.2) is 4.79 Å². The molecule has 9 nitrogen and oxygen atoms in total.